The van der Waals surface area contributed by atoms with Crippen molar-refractivity contribution in [2.75, 3.05) is 5.32 Å². The largest absolute Gasteiger partial charge is 0.358 e. The topological polar surface area (TPSA) is 41.9 Å². The van der Waals surface area contributed by atoms with Crippen molar-refractivity contribution in [2.24, 2.45) is 0 Å². The minimum absolute atomic E-state index is 0.628. The summed E-state index contributed by atoms with van der Waals surface area (Å²) in [5, 5.41) is 11.4. The van der Waals surface area contributed by atoms with Gasteiger partial charge in [-0.2, -0.15) is 5.10 Å². The molecule has 2 N–H and O–H groups in total. The fourth-order valence-corrected chi connectivity index (χ4v) is 2.21. The number of aryl methyl sites for hydroxylation is 2. The molecular weight excluding hydrogens is 268 g/mol. The van der Waals surface area contributed by atoms with Crippen molar-refractivity contribution in [1.82, 2.24) is 15.1 Å². The van der Waals surface area contributed by atoms with E-state index in [1.807, 2.05) is 29.1 Å². The Balaban J connectivity index is 1.92. The highest BCUT2D eigenvalue weighted by molar-refractivity contribution is 7.80. The number of nitrogens with zero attached hydrogens (tertiary/aromatic N) is 2. The maximum atomic E-state index is 5.32. The number of hydrogen-bond acceptors (Lipinski definition) is 2. The molecule has 0 unspecified atom stereocenters. The molecule has 0 radical (unpaired) electrons. The molecule has 2 rings (SSSR count). The van der Waals surface area contributed by atoms with Crippen LogP contribution < -0.4 is 10.6 Å². The van der Waals surface area contributed by atoms with Crippen LogP contribution in [0.3, 0.4) is 0 Å². The van der Waals surface area contributed by atoms with Crippen LogP contribution in [0.25, 0.3) is 0 Å². The van der Waals surface area contributed by atoms with Crippen LogP contribution in [0, 0.1) is 13.8 Å². The van der Waals surface area contributed by atoms with Gasteiger partial charge >= 0.3 is 0 Å². The fraction of sp³-hybridized carbons (Fsp3) is 0.333. The van der Waals surface area contributed by atoms with Gasteiger partial charge < -0.3 is 10.6 Å². The molecule has 0 saturated heterocycles. The molecule has 106 valence electrons. The van der Waals surface area contributed by atoms with Gasteiger partial charge in [0.15, 0.2) is 5.11 Å². The van der Waals surface area contributed by atoms with Gasteiger partial charge in [0.2, 0.25) is 0 Å². The lowest BCUT2D eigenvalue weighted by atomic mass is 10.2. The third-order valence-electron chi connectivity index (χ3n) is 3.34. The molecule has 1 aromatic heterocycles. The minimum Gasteiger partial charge on any atom is -0.358 e. The number of benzene rings is 1. The summed E-state index contributed by atoms with van der Waals surface area (Å²) in [6, 6.07) is 8.08. The van der Waals surface area contributed by atoms with Gasteiger partial charge in [0, 0.05) is 30.0 Å². The van der Waals surface area contributed by atoms with Gasteiger partial charge in [0.25, 0.3) is 0 Å². The Bertz CT molecular complexity index is 604. The smallest absolute Gasteiger partial charge is 0.171 e. The van der Waals surface area contributed by atoms with E-state index in [0.29, 0.717) is 11.7 Å². The van der Waals surface area contributed by atoms with Gasteiger partial charge in [-0.3, -0.25) is 4.68 Å². The Labute approximate surface area is 125 Å². The molecule has 4 nitrogen and oxygen atoms in total. The molecule has 5 heteroatoms. The van der Waals surface area contributed by atoms with Gasteiger partial charge in [-0.15, -0.1) is 0 Å². The van der Waals surface area contributed by atoms with Gasteiger partial charge in [-0.1, -0.05) is 18.2 Å². The van der Waals surface area contributed by atoms with Crippen LogP contribution in [0.1, 0.15) is 23.7 Å². The molecule has 0 saturated carbocycles. The first-order valence-electron chi connectivity index (χ1n) is 6.73. The van der Waals surface area contributed by atoms with E-state index < -0.39 is 0 Å². The summed E-state index contributed by atoms with van der Waals surface area (Å²) in [7, 11) is 0. The summed E-state index contributed by atoms with van der Waals surface area (Å²) in [6.07, 6.45) is 1.89. The van der Waals surface area contributed by atoms with Crippen molar-refractivity contribution >= 4 is 23.0 Å². The van der Waals surface area contributed by atoms with Gasteiger partial charge in [-0.25, -0.2) is 0 Å². The van der Waals surface area contributed by atoms with Gasteiger partial charge in [0.1, 0.15) is 0 Å². The van der Waals surface area contributed by atoms with Crippen molar-refractivity contribution < 1.29 is 0 Å². The number of anilines is 1. The molecule has 1 aromatic carbocycles. The zero-order valence-electron chi connectivity index (χ0n) is 12.1. The number of hydrogen-bond donors (Lipinski definition) is 2. The molecule has 0 bridgehead atoms. The Kier molecular flexibility index (Phi) is 4.74. The quantitative estimate of drug-likeness (QED) is 0.849. The SMILES string of the molecule is CCn1ncc(CNC(=S)Nc2ccccc2C)c1C. The van der Waals surface area contributed by atoms with Crippen LogP contribution in [-0.4, -0.2) is 14.9 Å². The van der Waals surface area contributed by atoms with E-state index in [1.165, 1.54) is 16.8 Å². The van der Waals surface area contributed by atoms with Crippen LogP contribution >= 0.6 is 12.2 Å². The van der Waals surface area contributed by atoms with E-state index in [2.05, 4.69) is 42.6 Å². The third-order valence-corrected chi connectivity index (χ3v) is 3.58. The van der Waals surface area contributed by atoms with Crippen LogP contribution in [0.5, 0.6) is 0 Å². The molecular formula is C15H20N4S. The number of rotatable bonds is 4. The maximum absolute atomic E-state index is 5.32. The summed E-state index contributed by atoms with van der Waals surface area (Å²) in [4.78, 5) is 0. The van der Waals surface area contributed by atoms with Crippen molar-refractivity contribution in [3.05, 3.63) is 47.3 Å². The Hall–Kier alpha value is -1.88. The van der Waals surface area contributed by atoms with Crippen molar-refractivity contribution in [1.29, 1.82) is 0 Å². The summed E-state index contributed by atoms with van der Waals surface area (Å²) in [5.41, 5.74) is 4.55. The molecule has 0 aliphatic rings. The minimum atomic E-state index is 0.628. The van der Waals surface area contributed by atoms with E-state index in [9.17, 15) is 0 Å². The molecule has 0 fully saturated rings. The first-order chi connectivity index (χ1) is 9.61. The normalized spacial score (nSPS) is 10.3. The third kappa shape index (κ3) is 3.36. The second-order valence-electron chi connectivity index (χ2n) is 4.69. The van der Waals surface area contributed by atoms with Crippen molar-refractivity contribution in [3.63, 3.8) is 0 Å². The highest BCUT2D eigenvalue weighted by Crippen LogP contribution is 2.13. The molecule has 0 aliphatic carbocycles. The van der Waals surface area contributed by atoms with E-state index in [0.717, 1.165) is 12.2 Å². The number of para-hydroxylation sites is 1. The second-order valence-corrected chi connectivity index (χ2v) is 5.10. The van der Waals surface area contributed by atoms with Crippen LogP contribution in [0.4, 0.5) is 5.69 Å². The molecule has 0 atom stereocenters. The summed E-state index contributed by atoms with van der Waals surface area (Å²) in [6.45, 7) is 7.79. The van der Waals surface area contributed by atoms with E-state index in [1.54, 1.807) is 0 Å². The van der Waals surface area contributed by atoms with E-state index in [-0.39, 0.29) is 0 Å². The Morgan fingerprint density at radius 2 is 2.05 bits per heavy atom. The molecule has 0 amide bonds. The second kappa shape index (κ2) is 6.52. The van der Waals surface area contributed by atoms with Crippen LogP contribution in [0.2, 0.25) is 0 Å². The number of nitrogens with one attached hydrogen (secondary N) is 2. The lowest BCUT2D eigenvalue weighted by Gasteiger charge is -2.12. The molecule has 1 heterocycles. The van der Waals surface area contributed by atoms with Crippen LogP contribution in [0.15, 0.2) is 30.5 Å². The molecule has 20 heavy (non-hydrogen) atoms. The maximum Gasteiger partial charge on any atom is 0.171 e. The highest BCUT2D eigenvalue weighted by atomic mass is 32.1. The Morgan fingerprint density at radius 1 is 1.30 bits per heavy atom. The predicted molar refractivity (Wildman–Crippen MR) is 86.9 cm³/mol. The lowest BCUT2D eigenvalue weighted by Crippen LogP contribution is -2.28. The summed E-state index contributed by atoms with van der Waals surface area (Å²) < 4.78 is 1.98. The number of aromatic nitrogens is 2. The van der Waals surface area contributed by atoms with E-state index in [4.69, 9.17) is 12.2 Å². The van der Waals surface area contributed by atoms with Gasteiger partial charge in [0.05, 0.1) is 6.20 Å². The first-order valence-corrected chi connectivity index (χ1v) is 7.14. The van der Waals surface area contributed by atoms with Gasteiger partial charge in [-0.05, 0) is 44.6 Å². The molecule has 2 aromatic rings. The van der Waals surface area contributed by atoms with Crippen molar-refractivity contribution in [2.45, 2.75) is 33.9 Å². The molecule has 0 aliphatic heterocycles. The fourth-order valence-electron chi connectivity index (χ4n) is 2.03. The highest BCUT2D eigenvalue weighted by Gasteiger charge is 2.06. The monoisotopic (exact) mass is 288 g/mol. The van der Waals surface area contributed by atoms with Crippen LogP contribution in [-0.2, 0) is 13.1 Å². The average molecular weight is 288 g/mol. The number of thiocarbonyl (C=S) groups is 1. The summed E-state index contributed by atoms with van der Waals surface area (Å²) in [5.74, 6) is 0. The lowest BCUT2D eigenvalue weighted by molar-refractivity contribution is 0.638. The zero-order valence-corrected chi connectivity index (χ0v) is 12.9. The van der Waals surface area contributed by atoms with Crippen molar-refractivity contribution in [3.8, 4) is 0 Å². The molecule has 0 spiro atoms. The standard InChI is InChI=1S/C15H20N4S/c1-4-19-12(3)13(10-17-19)9-16-15(20)18-14-8-6-5-7-11(14)2/h5-8,10H,4,9H2,1-3H3,(H2,16,18,20). The van der Waals surface area contributed by atoms with E-state index >= 15 is 0 Å². The zero-order chi connectivity index (χ0) is 14.5. The predicted octanol–water partition coefficient (Wildman–Crippen LogP) is 3.01. The Morgan fingerprint density at radius 3 is 2.70 bits per heavy atom. The summed E-state index contributed by atoms with van der Waals surface area (Å²) >= 11 is 5.32. The average Bonchev–Trinajstić information content (AvgIpc) is 2.79. The first kappa shape index (κ1) is 14.5.